The number of benzene rings is 1. The van der Waals surface area contributed by atoms with Crippen molar-refractivity contribution in [3.8, 4) is 10.6 Å². The van der Waals surface area contributed by atoms with E-state index < -0.39 is 11.9 Å². The van der Waals surface area contributed by atoms with Gasteiger partial charge in [-0.1, -0.05) is 29.8 Å². The van der Waals surface area contributed by atoms with Gasteiger partial charge in [-0.05, 0) is 44.5 Å². The average molecular weight is 461 g/mol. The molecule has 0 atom stereocenters. The second-order valence-electron chi connectivity index (χ2n) is 8.07. The van der Waals surface area contributed by atoms with Crippen LogP contribution in [0.25, 0.3) is 20.8 Å². The van der Waals surface area contributed by atoms with E-state index in [0.717, 1.165) is 32.0 Å². The molecular weight excluding hydrogens is 436 g/mol. The number of halogens is 1. The van der Waals surface area contributed by atoms with Crippen LogP contribution in [0.15, 0.2) is 36.4 Å². The first-order valence-electron chi connectivity index (χ1n) is 9.89. The molecule has 3 aromatic heterocycles. The Morgan fingerprint density at radius 2 is 1.94 bits per heavy atom. The van der Waals surface area contributed by atoms with Crippen molar-refractivity contribution in [1.82, 2.24) is 19.6 Å². The average Bonchev–Trinajstić information content (AvgIpc) is 3.38. The second kappa shape index (κ2) is 8.37. The van der Waals surface area contributed by atoms with Gasteiger partial charge in [0.2, 0.25) is 0 Å². The number of nitrogens with zero attached hydrogens (tertiary/aromatic N) is 4. The molecule has 164 valence electrons. The number of aliphatic hydroxyl groups is 2. The minimum atomic E-state index is -1.59. The van der Waals surface area contributed by atoms with Crippen molar-refractivity contribution in [2.75, 3.05) is 0 Å². The van der Waals surface area contributed by atoms with Crippen molar-refractivity contribution < 1.29 is 14.9 Å². The predicted octanol–water partition coefficient (Wildman–Crippen LogP) is 4.11. The summed E-state index contributed by atoms with van der Waals surface area (Å²) < 4.78 is 9.53. The van der Waals surface area contributed by atoms with E-state index in [1.54, 1.807) is 25.2 Å². The standard InChI is InChI=1S/C22H25ClN4O3S/c1-13-16-10-19(31-20(16)26(4)24-13)18-9-15(12-30-22(2,3)21(28)29)25-27(18)11-14-7-5-6-8-17(14)23/h5-10,21,28-29H,11-12H2,1-4H3. The Bertz CT molecular complexity index is 1190. The number of rotatable bonds is 7. The zero-order valence-corrected chi connectivity index (χ0v) is 19.4. The van der Waals surface area contributed by atoms with Gasteiger partial charge in [0, 0.05) is 17.5 Å². The summed E-state index contributed by atoms with van der Waals surface area (Å²) in [4.78, 5) is 2.17. The SMILES string of the molecule is Cc1nn(C)c2sc(-c3cc(COC(C)(C)C(O)O)nn3Cc3ccccc3Cl)cc12. The molecular formula is C22H25ClN4O3S. The first kappa shape index (κ1) is 22.0. The summed E-state index contributed by atoms with van der Waals surface area (Å²) in [5.74, 6) is 0. The highest BCUT2D eigenvalue weighted by molar-refractivity contribution is 7.21. The summed E-state index contributed by atoms with van der Waals surface area (Å²) in [7, 11) is 1.94. The fraction of sp³-hybridized carbons (Fsp3) is 0.364. The van der Waals surface area contributed by atoms with Crippen LogP contribution in [0.4, 0.5) is 0 Å². The Balaban J connectivity index is 1.73. The molecule has 9 heteroatoms. The maximum absolute atomic E-state index is 9.51. The summed E-state index contributed by atoms with van der Waals surface area (Å²) in [6.07, 6.45) is -1.59. The number of aromatic nitrogens is 4. The summed E-state index contributed by atoms with van der Waals surface area (Å²) in [6.45, 7) is 5.91. The van der Waals surface area contributed by atoms with Crippen molar-refractivity contribution in [1.29, 1.82) is 0 Å². The molecule has 0 fully saturated rings. The Kier molecular flexibility index (Phi) is 5.93. The third-order valence-electron chi connectivity index (χ3n) is 5.27. The largest absolute Gasteiger partial charge is 0.366 e. The molecule has 1 aromatic carbocycles. The van der Waals surface area contributed by atoms with Gasteiger partial charge in [0.15, 0.2) is 6.29 Å². The van der Waals surface area contributed by atoms with Crippen molar-refractivity contribution in [3.63, 3.8) is 0 Å². The molecule has 7 nitrogen and oxygen atoms in total. The number of hydrogen-bond acceptors (Lipinski definition) is 6. The number of fused-ring (bicyclic) bond motifs is 1. The monoisotopic (exact) mass is 460 g/mol. The van der Waals surface area contributed by atoms with Gasteiger partial charge in [0.05, 0.1) is 35.1 Å². The Morgan fingerprint density at radius 1 is 1.19 bits per heavy atom. The van der Waals surface area contributed by atoms with Crippen molar-refractivity contribution in [3.05, 3.63) is 58.4 Å². The molecule has 31 heavy (non-hydrogen) atoms. The van der Waals surface area contributed by atoms with Crippen molar-refractivity contribution in [2.24, 2.45) is 7.05 Å². The van der Waals surface area contributed by atoms with E-state index in [9.17, 15) is 10.2 Å². The molecule has 4 aromatic rings. The summed E-state index contributed by atoms with van der Waals surface area (Å²) >= 11 is 8.05. The molecule has 2 N–H and O–H groups in total. The molecule has 0 spiro atoms. The first-order valence-corrected chi connectivity index (χ1v) is 11.1. The van der Waals surface area contributed by atoms with E-state index in [2.05, 4.69) is 11.2 Å². The molecule has 0 saturated heterocycles. The van der Waals surface area contributed by atoms with E-state index in [-0.39, 0.29) is 6.61 Å². The van der Waals surface area contributed by atoms with Gasteiger partial charge in [-0.25, -0.2) is 0 Å². The van der Waals surface area contributed by atoms with Crippen LogP contribution < -0.4 is 0 Å². The summed E-state index contributed by atoms with van der Waals surface area (Å²) in [5, 5.41) is 30.1. The smallest absolute Gasteiger partial charge is 0.180 e. The van der Waals surface area contributed by atoms with Crippen LogP contribution in [0.2, 0.25) is 5.02 Å². The molecule has 0 aliphatic carbocycles. The van der Waals surface area contributed by atoms with Gasteiger partial charge in [-0.15, -0.1) is 11.3 Å². The quantitative estimate of drug-likeness (QED) is 0.405. The van der Waals surface area contributed by atoms with E-state index in [1.807, 2.05) is 53.7 Å². The number of thiophene rings is 1. The van der Waals surface area contributed by atoms with Crippen LogP contribution in [0, 0.1) is 6.92 Å². The number of ether oxygens (including phenoxy) is 1. The van der Waals surface area contributed by atoms with Crippen molar-refractivity contribution in [2.45, 2.75) is 45.8 Å². The third-order valence-corrected chi connectivity index (χ3v) is 6.86. The fourth-order valence-electron chi connectivity index (χ4n) is 3.31. The molecule has 0 radical (unpaired) electrons. The lowest BCUT2D eigenvalue weighted by Gasteiger charge is -2.26. The Morgan fingerprint density at radius 3 is 2.61 bits per heavy atom. The van der Waals surface area contributed by atoms with Gasteiger partial charge in [-0.3, -0.25) is 9.36 Å². The number of aryl methyl sites for hydroxylation is 2. The number of aliphatic hydroxyl groups excluding tert-OH is 1. The fourth-order valence-corrected chi connectivity index (χ4v) is 4.65. The van der Waals surface area contributed by atoms with Crippen LogP contribution in [-0.2, 0) is 24.9 Å². The van der Waals surface area contributed by atoms with Crippen LogP contribution >= 0.6 is 22.9 Å². The van der Waals surface area contributed by atoms with Crippen LogP contribution in [0.5, 0.6) is 0 Å². The topological polar surface area (TPSA) is 85.3 Å². The minimum absolute atomic E-state index is 0.151. The predicted molar refractivity (Wildman–Crippen MR) is 122 cm³/mol. The highest BCUT2D eigenvalue weighted by Crippen LogP contribution is 2.36. The summed E-state index contributed by atoms with van der Waals surface area (Å²) in [5.41, 5.74) is 2.49. The molecule has 0 unspecified atom stereocenters. The molecule has 3 heterocycles. The van der Waals surface area contributed by atoms with E-state index >= 15 is 0 Å². The first-order chi connectivity index (χ1) is 14.7. The van der Waals surface area contributed by atoms with Gasteiger partial charge < -0.3 is 14.9 Å². The lowest BCUT2D eigenvalue weighted by molar-refractivity contribution is -0.197. The zero-order chi connectivity index (χ0) is 22.3. The molecule has 4 rings (SSSR count). The minimum Gasteiger partial charge on any atom is -0.366 e. The molecule has 0 bridgehead atoms. The van der Waals surface area contributed by atoms with E-state index in [0.29, 0.717) is 17.3 Å². The molecule has 0 aliphatic heterocycles. The highest BCUT2D eigenvalue weighted by atomic mass is 35.5. The van der Waals surface area contributed by atoms with Crippen LogP contribution in [-0.4, -0.2) is 41.7 Å². The van der Waals surface area contributed by atoms with Gasteiger partial charge >= 0.3 is 0 Å². The zero-order valence-electron chi connectivity index (χ0n) is 17.8. The normalized spacial score (nSPS) is 12.4. The molecule has 0 saturated carbocycles. The highest BCUT2D eigenvalue weighted by Gasteiger charge is 2.27. The lowest BCUT2D eigenvalue weighted by atomic mass is 10.1. The van der Waals surface area contributed by atoms with Crippen LogP contribution in [0.1, 0.15) is 30.8 Å². The summed E-state index contributed by atoms with van der Waals surface area (Å²) in [6, 6.07) is 11.8. The molecule has 0 aliphatic rings. The lowest BCUT2D eigenvalue weighted by Crippen LogP contribution is -2.38. The number of hydrogen-bond donors (Lipinski definition) is 2. The maximum Gasteiger partial charge on any atom is 0.180 e. The molecule has 0 amide bonds. The van der Waals surface area contributed by atoms with Crippen LogP contribution in [0.3, 0.4) is 0 Å². The second-order valence-corrected chi connectivity index (χ2v) is 9.51. The third kappa shape index (κ3) is 4.40. The van der Waals surface area contributed by atoms with Gasteiger partial charge in [0.25, 0.3) is 0 Å². The maximum atomic E-state index is 9.51. The Labute approximate surface area is 189 Å². The van der Waals surface area contributed by atoms with E-state index in [1.165, 1.54) is 0 Å². The van der Waals surface area contributed by atoms with Gasteiger partial charge in [0.1, 0.15) is 10.4 Å². The Hall–Kier alpha value is -2.23. The van der Waals surface area contributed by atoms with Crippen molar-refractivity contribution >= 4 is 33.2 Å². The van der Waals surface area contributed by atoms with Gasteiger partial charge in [-0.2, -0.15) is 10.2 Å². The van der Waals surface area contributed by atoms with E-state index in [4.69, 9.17) is 21.4 Å².